The first-order valence-electron chi connectivity index (χ1n) is 6.62. The number of aromatic nitrogens is 3. The maximum atomic E-state index is 6.23. The fraction of sp³-hybridized carbons (Fsp3) is 0.200. The Kier molecular flexibility index (Phi) is 4.24. The molecule has 0 bridgehead atoms. The van der Waals surface area contributed by atoms with Gasteiger partial charge < -0.3 is 5.32 Å². The molecule has 0 aliphatic carbocycles. The van der Waals surface area contributed by atoms with Gasteiger partial charge in [-0.05, 0) is 36.8 Å². The van der Waals surface area contributed by atoms with Crippen molar-refractivity contribution in [3.05, 3.63) is 63.5 Å². The predicted octanol–water partition coefficient (Wildman–Crippen LogP) is 4.00. The van der Waals surface area contributed by atoms with E-state index < -0.39 is 0 Å². The third kappa shape index (κ3) is 3.10. The average Bonchev–Trinajstić information content (AvgIpc) is 2.90. The Labute approximate surface area is 136 Å². The standard InChI is InChI=1S/C15H14BrClN4/c1-10(15-20-19-14-4-2-3-7-21(14)15)18-9-11-5-6-12(16)8-13(11)17/h2-8,10,18H,9H2,1H3. The molecule has 0 aliphatic heterocycles. The maximum Gasteiger partial charge on any atom is 0.160 e. The molecular formula is C15H14BrClN4. The van der Waals surface area contributed by atoms with E-state index in [9.17, 15) is 0 Å². The van der Waals surface area contributed by atoms with Crippen LogP contribution in [0, 0.1) is 0 Å². The van der Waals surface area contributed by atoms with E-state index in [1.165, 1.54) is 0 Å². The van der Waals surface area contributed by atoms with Crippen molar-refractivity contribution in [1.29, 1.82) is 0 Å². The van der Waals surface area contributed by atoms with Gasteiger partial charge in [-0.25, -0.2) is 0 Å². The van der Waals surface area contributed by atoms with Gasteiger partial charge in [-0.2, -0.15) is 0 Å². The molecule has 3 rings (SSSR count). The van der Waals surface area contributed by atoms with Crippen molar-refractivity contribution in [2.24, 2.45) is 0 Å². The van der Waals surface area contributed by atoms with Crippen LogP contribution in [-0.2, 0) is 6.54 Å². The Morgan fingerprint density at radius 3 is 2.95 bits per heavy atom. The van der Waals surface area contributed by atoms with E-state index >= 15 is 0 Å². The first kappa shape index (κ1) is 14.5. The zero-order valence-electron chi connectivity index (χ0n) is 11.4. The third-order valence-corrected chi connectivity index (χ3v) is 4.19. The number of fused-ring (bicyclic) bond motifs is 1. The van der Waals surface area contributed by atoms with Crippen molar-refractivity contribution in [3.63, 3.8) is 0 Å². The highest BCUT2D eigenvalue weighted by Crippen LogP contribution is 2.22. The molecule has 1 aromatic carbocycles. The van der Waals surface area contributed by atoms with Crippen molar-refractivity contribution in [2.45, 2.75) is 19.5 Å². The van der Waals surface area contributed by atoms with E-state index in [0.29, 0.717) is 6.54 Å². The van der Waals surface area contributed by atoms with Crippen LogP contribution in [0.1, 0.15) is 24.4 Å². The Morgan fingerprint density at radius 2 is 2.14 bits per heavy atom. The van der Waals surface area contributed by atoms with Crippen molar-refractivity contribution >= 4 is 33.2 Å². The van der Waals surface area contributed by atoms with E-state index in [1.807, 2.05) is 47.0 Å². The van der Waals surface area contributed by atoms with Crippen molar-refractivity contribution in [2.75, 3.05) is 0 Å². The summed E-state index contributed by atoms with van der Waals surface area (Å²) in [7, 11) is 0. The van der Waals surface area contributed by atoms with E-state index in [-0.39, 0.29) is 6.04 Å². The van der Waals surface area contributed by atoms with Crippen LogP contribution in [0.15, 0.2) is 47.1 Å². The summed E-state index contributed by atoms with van der Waals surface area (Å²) in [4.78, 5) is 0. The molecular weight excluding hydrogens is 352 g/mol. The molecule has 0 fully saturated rings. The van der Waals surface area contributed by atoms with Gasteiger partial charge in [-0.15, -0.1) is 10.2 Å². The van der Waals surface area contributed by atoms with E-state index in [4.69, 9.17) is 11.6 Å². The van der Waals surface area contributed by atoms with Crippen LogP contribution in [0.4, 0.5) is 0 Å². The van der Waals surface area contributed by atoms with Gasteiger partial charge in [-0.3, -0.25) is 4.40 Å². The summed E-state index contributed by atoms with van der Waals surface area (Å²) in [5.41, 5.74) is 1.91. The molecule has 1 N–H and O–H groups in total. The Hall–Kier alpha value is -1.43. The number of hydrogen-bond donors (Lipinski definition) is 1. The number of benzene rings is 1. The zero-order chi connectivity index (χ0) is 14.8. The molecule has 0 spiro atoms. The molecule has 2 heterocycles. The van der Waals surface area contributed by atoms with Crippen LogP contribution in [-0.4, -0.2) is 14.6 Å². The summed E-state index contributed by atoms with van der Waals surface area (Å²) < 4.78 is 2.97. The smallest absolute Gasteiger partial charge is 0.160 e. The lowest BCUT2D eigenvalue weighted by Crippen LogP contribution is -2.20. The first-order chi connectivity index (χ1) is 10.1. The van der Waals surface area contributed by atoms with E-state index in [0.717, 1.165) is 26.5 Å². The van der Waals surface area contributed by atoms with Crippen LogP contribution in [0.25, 0.3) is 5.65 Å². The van der Waals surface area contributed by atoms with Crippen LogP contribution in [0.3, 0.4) is 0 Å². The lowest BCUT2D eigenvalue weighted by Gasteiger charge is -2.13. The predicted molar refractivity (Wildman–Crippen MR) is 87.4 cm³/mol. The average molecular weight is 366 g/mol. The Balaban J connectivity index is 1.76. The molecule has 1 unspecified atom stereocenters. The minimum Gasteiger partial charge on any atom is -0.303 e. The zero-order valence-corrected chi connectivity index (χ0v) is 13.8. The van der Waals surface area contributed by atoms with Crippen molar-refractivity contribution in [3.8, 4) is 0 Å². The molecule has 0 saturated carbocycles. The summed E-state index contributed by atoms with van der Waals surface area (Å²) in [6, 6.07) is 11.8. The molecule has 2 aromatic heterocycles. The molecule has 108 valence electrons. The second kappa shape index (κ2) is 6.13. The highest BCUT2D eigenvalue weighted by atomic mass is 79.9. The van der Waals surface area contributed by atoms with Crippen LogP contribution >= 0.6 is 27.5 Å². The molecule has 21 heavy (non-hydrogen) atoms. The Morgan fingerprint density at radius 1 is 1.29 bits per heavy atom. The third-order valence-electron chi connectivity index (χ3n) is 3.34. The molecule has 0 radical (unpaired) electrons. The largest absolute Gasteiger partial charge is 0.303 e. The summed E-state index contributed by atoms with van der Waals surface area (Å²) in [5.74, 6) is 0.888. The number of pyridine rings is 1. The SMILES string of the molecule is CC(NCc1ccc(Br)cc1Cl)c1nnc2ccccn12. The number of nitrogens with zero attached hydrogens (tertiary/aromatic N) is 3. The summed E-state index contributed by atoms with van der Waals surface area (Å²) in [6.45, 7) is 2.74. The van der Waals surface area contributed by atoms with Crippen LogP contribution in [0.2, 0.25) is 5.02 Å². The fourth-order valence-electron chi connectivity index (χ4n) is 2.17. The normalized spacial score (nSPS) is 12.7. The molecule has 6 heteroatoms. The van der Waals surface area contributed by atoms with Gasteiger partial charge in [0.25, 0.3) is 0 Å². The number of halogens is 2. The summed E-state index contributed by atoms with van der Waals surface area (Å²) in [5, 5.41) is 12.6. The summed E-state index contributed by atoms with van der Waals surface area (Å²) >= 11 is 9.64. The van der Waals surface area contributed by atoms with Gasteiger partial charge in [0, 0.05) is 22.2 Å². The highest BCUT2D eigenvalue weighted by molar-refractivity contribution is 9.10. The second-order valence-electron chi connectivity index (χ2n) is 4.83. The van der Waals surface area contributed by atoms with Gasteiger partial charge in [0.15, 0.2) is 11.5 Å². The van der Waals surface area contributed by atoms with Gasteiger partial charge in [0.2, 0.25) is 0 Å². The molecule has 4 nitrogen and oxygen atoms in total. The fourth-order valence-corrected chi connectivity index (χ4v) is 2.91. The second-order valence-corrected chi connectivity index (χ2v) is 6.15. The highest BCUT2D eigenvalue weighted by Gasteiger charge is 2.13. The van der Waals surface area contributed by atoms with Crippen LogP contribution in [0.5, 0.6) is 0 Å². The number of hydrogen-bond acceptors (Lipinski definition) is 3. The van der Waals surface area contributed by atoms with Gasteiger partial charge in [-0.1, -0.05) is 39.7 Å². The van der Waals surface area contributed by atoms with Gasteiger partial charge in [0.05, 0.1) is 6.04 Å². The number of nitrogens with one attached hydrogen (secondary N) is 1. The van der Waals surface area contributed by atoms with E-state index in [2.05, 4.69) is 38.4 Å². The molecule has 0 saturated heterocycles. The lowest BCUT2D eigenvalue weighted by atomic mass is 10.2. The Bertz CT molecular complexity index is 771. The molecule has 0 amide bonds. The van der Waals surface area contributed by atoms with Crippen molar-refractivity contribution < 1.29 is 0 Å². The van der Waals surface area contributed by atoms with Gasteiger partial charge >= 0.3 is 0 Å². The molecule has 0 aliphatic rings. The lowest BCUT2D eigenvalue weighted by molar-refractivity contribution is 0.541. The monoisotopic (exact) mass is 364 g/mol. The minimum atomic E-state index is 0.0714. The van der Waals surface area contributed by atoms with Gasteiger partial charge in [0.1, 0.15) is 0 Å². The quantitative estimate of drug-likeness (QED) is 0.760. The summed E-state index contributed by atoms with van der Waals surface area (Å²) in [6.07, 6.45) is 1.97. The molecule has 1 atom stereocenters. The minimum absolute atomic E-state index is 0.0714. The van der Waals surface area contributed by atoms with E-state index in [1.54, 1.807) is 0 Å². The topological polar surface area (TPSA) is 42.2 Å². The first-order valence-corrected chi connectivity index (χ1v) is 7.79. The van der Waals surface area contributed by atoms with Crippen LogP contribution < -0.4 is 5.32 Å². The molecule has 3 aromatic rings. The number of rotatable bonds is 4. The van der Waals surface area contributed by atoms with Crippen molar-refractivity contribution in [1.82, 2.24) is 19.9 Å². The maximum absolute atomic E-state index is 6.23.